The molecule has 4 rings (SSSR count). The number of carbonyl (C=O) groups excluding carboxylic acids is 5. The number of Topliss-reactive ketones (excluding diaryl/α,β-unsaturated/α-hetero) is 1. The van der Waals surface area contributed by atoms with Gasteiger partial charge in [-0.3, -0.25) is 24.0 Å². The lowest BCUT2D eigenvalue weighted by molar-refractivity contribution is -0.149. The largest absolute Gasteiger partial charge is 0.494 e. The van der Waals surface area contributed by atoms with Crippen molar-refractivity contribution in [2.45, 2.75) is 106 Å². The number of carbonyl (C=O) groups is 5. The quantitative estimate of drug-likeness (QED) is 0.185. The van der Waals surface area contributed by atoms with E-state index in [1.165, 1.54) is 0 Å². The molecule has 1 saturated heterocycles. The Hall–Kier alpha value is -4.33. The first kappa shape index (κ1) is 38.5. The van der Waals surface area contributed by atoms with Crippen molar-refractivity contribution in [2.24, 2.45) is 34.0 Å². The van der Waals surface area contributed by atoms with Crippen LogP contribution in [0.25, 0.3) is 10.8 Å². The number of benzene rings is 1. The molecule has 1 aromatic heterocycles. The molecular weight excluding hydrogens is 634 g/mol. The molecule has 272 valence electrons. The van der Waals surface area contributed by atoms with Gasteiger partial charge >= 0.3 is 0 Å². The lowest BCUT2D eigenvalue weighted by atomic mass is 9.77. The molecule has 2 heterocycles. The summed E-state index contributed by atoms with van der Waals surface area (Å²) in [6, 6.07) is 5.17. The fourth-order valence-corrected chi connectivity index (χ4v) is 7.44. The Bertz CT molecular complexity index is 1670. The smallest absolute Gasteiger partial charge is 0.289 e. The summed E-state index contributed by atoms with van der Waals surface area (Å²) in [6.45, 7) is 18.5. The SMILES string of the molecule is C#CCCC(NC(=O)[C@@H]1[C@@H]2[C@H](CN1C(=O)[C@@H](CC(=O)N[C@H](Cn1cc3ccccc3c1O)C(C)(C)C)C(C)(C)C)C2(C)C)C(=O)C(=O)NCC. The van der Waals surface area contributed by atoms with E-state index < -0.39 is 41.0 Å². The number of amides is 4. The van der Waals surface area contributed by atoms with Crippen LogP contribution in [0, 0.1) is 46.3 Å². The summed E-state index contributed by atoms with van der Waals surface area (Å²) >= 11 is 0. The summed E-state index contributed by atoms with van der Waals surface area (Å²) in [4.78, 5) is 69.3. The molecule has 2 aromatic rings. The van der Waals surface area contributed by atoms with Gasteiger partial charge in [0.1, 0.15) is 6.04 Å². The van der Waals surface area contributed by atoms with Gasteiger partial charge in [-0.05, 0) is 47.5 Å². The zero-order valence-electron chi connectivity index (χ0n) is 31.1. The van der Waals surface area contributed by atoms with Crippen LogP contribution >= 0.6 is 0 Å². The third-order valence-corrected chi connectivity index (χ3v) is 10.8. The average molecular weight is 690 g/mol. The normalized spacial score (nSPS) is 21.4. The van der Waals surface area contributed by atoms with Crippen LogP contribution in [-0.2, 0) is 30.5 Å². The van der Waals surface area contributed by atoms with Crippen molar-refractivity contribution in [3.63, 3.8) is 0 Å². The van der Waals surface area contributed by atoms with E-state index in [2.05, 4.69) is 35.7 Å². The minimum absolute atomic E-state index is 0.0786. The van der Waals surface area contributed by atoms with Gasteiger partial charge in [-0.2, -0.15) is 0 Å². The molecule has 1 aromatic carbocycles. The van der Waals surface area contributed by atoms with Gasteiger partial charge in [-0.25, -0.2) is 0 Å². The lowest BCUT2D eigenvalue weighted by Gasteiger charge is -2.38. The van der Waals surface area contributed by atoms with Crippen molar-refractivity contribution in [2.75, 3.05) is 13.1 Å². The number of likely N-dealkylation sites (tertiary alicyclic amines) is 1. The van der Waals surface area contributed by atoms with Gasteiger partial charge in [0, 0.05) is 49.4 Å². The van der Waals surface area contributed by atoms with Gasteiger partial charge in [0.25, 0.3) is 5.91 Å². The van der Waals surface area contributed by atoms with E-state index in [0.29, 0.717) is 13.1 Å². The van der Waals surface area contributed by atoms with Crippen LogP contribution in [0.1, 0.15) is 81.6 Å². The number of piperidine rings is 1. The maximum absolute atomic E-state index is 14.5. The molecule has 1 aliphatic heterocycles. The van der Waals surface area contributed by atoms with Crippen LogP contribution in [0.2, 0.25) is 0 Å². The molecule has 4 amide bonds. The van der Waals surface area contributed by atoms with Gasteiger partial charge in [0.05, 0.1) is 18.0 Å². The highest BCUT2D eigenvalue weighted by atomic mass is 16.3. The van der Waals surface area contributed by atoms with Gasteiger partial charge in [-0.15, -0.1) is 12.3 Å². The Balaban J connectivity index is 1.55. The van der Waals surface area contributed by atoms with Crippen molar-refractivity contribution in [1.29, 1.82) is 0 Å². The molecule has 6 atom stereocenters. The third-order valence-electron chi connectivity index (χ3n) is 10.8. The summed E-state index contributed by atoms with van der Waals surface area (Å²) in [5, 5.41) is 21.0. The number of likely N-dealkylation sites (N-methyl/N-ethyl adjacent to an activating group) is 1. The standard InChI is InChI=1S/C39H55N5O6/c1-11-13-18-27(32(46)34(48)40-12-2)41-33(47)31-30-26(39(30,9)10)21-44(31)36(50)25(37(3,4)5)19-29(45)42-28(38(6,7)8)22-43-20-23-16-14-15-17-24(23)35(43)49/h1,14-17,20,25-28,30-31,49H,12-13,18-19,21-22H2,2-10H3,(H,40,48)(H,41,47)(H,42,45)/t25-,26+,27?,28-,30+,31+/m1/s1. The minimum atomic E-state index is -1.13. The second-order valence-corrected chi connectivity index (χ2v) is 16.7. The first-order chi connectivity index (χ1) is 23.2. The maximum atomic E-state index is 14.5. The summed E-state index contributed by atoms with van der Waals surface area (Å²) < 4.78 is 1.74. The molecule has 1 aliphatic carbocycles. The highest BCUT2D eigenvalue weighted by molar-refractivity contribution is 6.38. The zero-order chi connectivity index (χ0) is 37.3. The van der Waals surface area contributed by atoms with Gasteiger partial charge in [0.2, 0.25) is 23.5 Å². The van der Waals surface area contributed by atoms with Crippen LogP contribution in [0.3, 0.4) is 0 Å². The molecule has 0 bridgehead atoms. The monoisotopic (exact) mass is 689 g/mol. The Morgan fingerprint density at radius 1 is 1.04 bits per heavy atom. The predicted molar refractivity (Wildman–Crippen MR) is 193 cm³/mol. The number of aromatic hydroxyl groups is 1. The van der Waals surface area contributed by atoms with Crippen molar-refractivity contribution in [3.05, 3.63) is 30.5 Å². The number of nitrogens with one attached hydrogen (secondary N) is 3. The number of aromatic nitrogens is 1. The molecular formula is C39H55N5O6. The molecule has 0 radical (unpaired) electrons. The molecule has 2 fully saturated rings. The summed E-state index contributed by atoms with van der Waals surface area (Å²) in [6.07, 6.45) is 7.48. The Morgan fingerprint density at radius 2 is 1.70 bits per heavy atom. The van der Waals surface area contributed by atoms with Crippen molar-refractivity contribution < 1.29 is 29.1 Å². The van der Waals surface area contributed by atoms with E-state index in [-0.39, 0.29) is 72.2 Å². The van der Waals surface area contributed by atoms with E-state index in [1.807, 2.05) is 72.0 Å². The van der Waals surface area contributed by atoms with Gasteiger partial charge in [-0.1, -0.05) is 73.6 Å². The highest BCUT2D eigenvalue weighted by Gasteiger charge is 2.69. The fraction of sp³-hybridized carbons (Fsp3) is 0.615. The Morgan fingerprint density at radius 3 is 2.28 bits per heavy atom. The molecule has 1 saturated carbocycles. The molecule has 0 spiro atoms. The van der Waals surface area contributed by atoms with Crippen LogP contribution in [-0.4, -0.2) is 75.2 Å². The Kier molecular flexibility index (Phi) is 11.2. The molecule has 50 heavy (non-hydrogen) atoms. The lowest BCUT2D eigenvalue weighted by Crippen LogP contribution is -2.57. The van der Waals surface area contributed by atoms with Crippen molar-refractivity contribution in [1.82, 2.24) is 25.4 Å². The van der Waals surface area contributed by atoms with Crippen LogP contribution < -0.4 is 16.0 Å². The first-order valence-corrected chi connectivity index (χ1v) is 17.7. The first-order valence-electron chi connectivity index (χ1n) is 17.7. The molecule has 11 nitrogen and oxygen atoms in total. The molecule has 1 unspecified atom stereocenters. The topological polar surface area (TPSA) is 150 Å². The number of hydrogen-bond donors (Lipinski definition) is 4. The maximum Gasteiger partial charge on any atom is 0.289 e. The predicted octanol–water partition coefficient (Wildman–Crippen LogP) is 4.02. The van der Waals surface area contributed by atoms with E-state index in [9.17, 15) is 29.1 Å². The van der Waals surface area contributed by atoms with Crippen LogP contribution in [0.5, 0.6) is 5.88 Å². The molecule has 11 heteroatoms. The average Bonchev–Trinajstić information content (AvgIpc) is 3.31. The third kappa shape index (κ3) is 8.00. The number of nitrogens with zero attached hydrogens (tertiary/aromatic N) is 2. The number of fused-ring (bicyclic) bond motifs is 2. The molecule has 2 aliphatic rings. The summed E-state index contributed by atoms with van der Waals surface area (Å²) in [7, 11) is 0. The zero-order valence-corrected chi connectivity index (χ0v) is 31.1. The number of hydrogen-bond acceptors (Lipinski definition) is 6. The van der Waals surface area contributed by atoms with Gasteiger partial charge < -0.3 is 30.5 Å². The van der Waals surface area contributed by atoms with Gasteiger partial charge in [0.15, 0.2) is 5.88 Å². The second kappa shape index (κ2) is 14.5. The minimum Gasteiger partial charge on any atom is -0.494 e. The van der Waals surface area contributed by atoms with Crippen LogP contribution in [0.4, 0.5) is 0 Å². The Labute approximate surface area is 296 Å². The highest BCUT2D eigenvalue weighted by Crippen LogP contribution is 2.65. The summed E-state index contributed by atoms with van der Waals surface area (Å²) in [5.74, 6) is -0.900. The van der Waals surface area contributed by atoms with Crippen LogP contribution in [0.15, 0.2) is 30.5 Å². The van der Waals surface area contributed by atoms with E-state index in [4.69, 9.17) is 6.42 Å². The van der Waals surface area contributed by atoms with E-state index >= 15 is 0 Å². The van der Waals surface area contributed by atoms with Crippen molar-refractivity contribution in [3.8, 4) is 18.2 Å². The van der Waals surface area contributed by atoms with E-state index in [0.717, 1.165) is 10.8 Å². The van der Waals surface area contributed by atoms with Crippen molar-refractivity contribution >= 4 is 40.2 Å². The summed E-state index contributed by atoms with van der Waals surface area (Å²) in [5.41, 5.74) is -1.21. The number of terminal acetylenes is 1. The number of ketones is 1. The van der Waals surface area contributed by atoms with E-state index in [1.54, 1.807) is 16.4 Å². The second-order valence-electron chi connectivity index (χ2n) is 16.7. The fourth-order valence-electron chi connectivity index (χ4n) is 7.44. The number of rotatable bonds is 13. The molecule has 4 N–H and O–H groups in total.